The lowest BCUT2D eigenvalue weighted by Crippen LogP contribution is -2.45. The summed E-state index contributed by atoms with van der Waals surface area (Å²) in [4.78, 5) is 2.88. The normalized spacial score (nSPS) is 18.1. The van der Waals surface area contributed by atoms with Gasteiger partial charge in [-0.2, -0.15) is 13.2 Å². The SMILES string of the molecule is Fc1c([C@H](c2cccs2)N2CCNCC2)cccc1C(F)(F)F. The molecule has 2 nitrogen and oxygen atoms in total. The summed E-state index contributed by atoms with van der Waals surface area (Å²) in [5, 5.41) is 5.06. The van der Waals surface area contributed by atoms with Gasteiger partial charge in [-0.3, -0.25) is 4.90 Å². The average molecular weight is 344 g/mol. The zero-order valence-electron chi connectivity index (χ0n) is 12.2. The summed E-state index contributed by atoms with van der Waals surface area (Å²) in [6.07, 6.45) is -4.69. The molecule has 1 fully saturated rings. The van der Waals surface area contributed by atoms with Crippen LogP contribution in [-0.4, -0.2) is 31.1 Å². The van der Waals surface area contributed by atoms with Crippen molar-refractivity contribution < 1.29 is 17.6 Å². The lowest BCUT2D eigenvalue weighted by Gasteiger charge is -2.35. The minimum atomic E-state index is -4.69. The topological polar surface area (TPSA) is 15.3 Å². The Kier molecular flexibility index (Phi) is 4.70. The van der Waals surface area contributed by atoms with Crippen molar-refractivity contribution in [1.82, 2.24) is 10.2 Å². The first-order valence-electron chi connectivity index (χ1n) is 7.32. The number of piperazine rings is 1. The summed E-state index contributed by atoms with van der Waals surface area (Å²) in [7, 11) is 0. The van der Waals surface area contributed by atoms with Gasteiger partial charge in [0, 0.05) is 36.6 Å². The molecule has 0 amide bonds. The first-order valence-corrected chi connectivity index (χ1v) is 8.20. The van der Waals surface area contributed by atoms with Gasteiger partial charge in [0.2, 0.25) is 0 Å². The van der Waals surface area contributed by atoms with E-state index in [4.69, 9.17) is 0 Å². The van der Waals surface area contributed by atoms with Gasteiger partial charge in [-0.15, -0.1) is 11.3 Å². The number of hydrogen-bond acceptors (Lipinski definition) is 3. The number of alkyl halides is 3. The van der Waals surface area contributed by atoms with Gasteiger partial charge in [-0.05, 0) is 17.5 Å². The maximum absolute atomic E-state index is 14.6. The monoisotopic (exact) mass is 344 g/mol. The van der Waals surface area contributed by atoms with Crippen LogP contribution in [0, 0.1) is 5.82 Å². The zero-order valence-corrected chi connectivity index (χ0v) is 13.1. The smallest absolute Gasteiger partial charge is 0.314 e. The van der Waals surface area contributed by atoms with E-state index in [1.54, 1.807) is 0 Å². The van der Waals surface area contributed by atoms with Crippen LogP contribution in [0.15, 0.2) is 35.7 Å². The van der Waals surface area contributed by atoms with E-state index in [1.807, 2.05) is 22.4 Å². The summed E-state index contributed by atoms with van der Waals surface area (Å²) in [5.74, 6) is -1.17. The van der Waals surface area contributed by atoms with Crippen LogP contribution in [0.3, 0.4) is 0 Å². The van der Waals surface area contributed by atoms with Crippen LogP contribution in [0.5, 0.6) is 0 Å². The van der Waals surface area contributed by atoms with Crippen molar-refractivity contribution in [3.8, 4) is 0 Å². The Balaban J connectivity index is 2.07. The van der Waals surface area contributed by atoms with E-state index in [9.17, 15) is 17.6 Å². The first kappa shape index (κ1) is 16.4. The third kappa shape index (κ3) is 3.41. The zero-order chi connectivity index (χ0) is 16.4. The second-order valence-electron chi connectivity index (χ2n) is 5.41. The molecule has 0 aliphatic carbocycles. The fourth-order valence-corrected chi connectivity index (χ4v) is 3.77. The van der Waals surface area contributed by atoms with Gasteiger partial charge in [0.1, 0.15) is 5.82 Å². The van der Waals surface area contributed by atoms with Crippen LogP contribution in [0.2, 0.25) is 0 Å². The van der Waals surface area contributed by atoms with Gasteiger partial charge in [-0.25, -0.2) is 4.39 Å². The highest BCUT2D eigenvalue weighted by molar-refractivity contribution is 7.10. The standard InChI is InChI=1S/C16H16F4N2S/c17-14-11(3-1-4-12(14)16(18,19)20)15(13-5-2-10-23-13)22-8-6-21-7-9-22/h1-5,10,15,21H,6-9H2/t15-/m1/s1. The summed E-state index contributed by atoms with van der Waals surface area (Å²) in [5.41, 5.74) is -1.11. The van der Waals surface area contributed by atoms with Gasteiger partial charge >= 0.3 is 6.18 Å². The molecule has 2 heterocycles. The Labute approximate surface area is 135 Å². The molecule has 2 aromatic rings. The summed E-state index contributed by atoms with van der Waals surface area (Å²) in [6.45, 7) is 2.81. The summed E-state index contributed by atoms with van der Waals surface area (Å²) >= 11 is 1.43. The van der Waals surface area contributed by atoms with E-state index >= 15 is 0 Å². The van der Waals surface area contributed by atoms with E-state index in [2.05, 4.69) is 5.32 Å². The number of rotatable bonds is 3. The molecule has 124 valence electrons. The molecular formula is C16H16F4N2S. The number of nitrogens with zero attached hydrogens (tertiary/aromatic N) is 1. The number of thiophene rings is 1. The molecule has 1 aliphatic rings. The van der Waals surface area contributed by atoms with Crippen molar-refractivity contribution in [3.05, 3.63) is 57.5 Å². The van der Waals surface area contributed by atoms with Crippen molar-refractivity contribution in [2.24, 2.45) is 0 Å². The maximum atomic E-state index is 14.6. The lowest BCUT2D eigenvalue weighted by atomic mass is 9.99. The molecule has 0 unspecified atom stereocenters. The molecule has 0 saturated carbocycles. The first-order chi connectivity index (χ1) is 11.0. The molecule has 1 saturated heterocycles. The molecule has 1 N–H and O–H groups in total. The van der Waals surface area contributed by atoms with Crippen molar-refractivity contribution in [2.75, 3.05) is 26.2 Å². The molecule has 1 aromatic carbocycles. The minimum Gasteiger partial charge on any atom is -0.314 e. The van der Waals surface area contributed by atoms with Crippen LogP contribution in [-0.2, 0) is 6.18 Å². The molecule has 1 aromatic heterocycles. The van der Waals surface area contributed by atoms with Gasteiger partial charge in [0.05, 0.1) is 11.6 Å². The molecule has 0 bridgehead atoms. The molecule has 1 atom stereocenters. The Morgan fingerprint density at radius 2 is 1.83 bits per heavy atom. The third-order valence-electron chi connectivity index (χ3n) is 3.96. The van der Waals surface area contributed by atoms with Gasteiger partial charge in [-0.1, -0.05) is 18.2 Å². The Bertz CT molecular complexity index is 649. The van der Waals surface area contributed by atoms with Crippen LogP contribution >= 0.6 is 11.3 Å². The Hall–Kier alpha value is -1.44. The highest BCUT2D eigenvalue weighted by atomic mass is 32.1. The molecular weight excluding hydrogens is 328 g/mol. The van der Waals surface area contributed by atoms with Gasteiger partial charge < -0.3 is 5.32 Å². The number of hydrogen-bond donors (Lipinski definition) is 1. The van der Waals surface area contributed by atoms with E-state index in [0.29, 0.717) is 13.1 Å². The van der Waals surface area contributed by atoms with Crippen LogP contribution < -0.4 is 5.32 Å². The minimum absolute atomic E-state index is 0.0872. The van der Waals surface area contributed by atoms with Crippen LogP contribution in [0.1, 0.15) is 22.0 Å². The van der Waals surface area contributed by atoms with Crippen molar-refractivity contribution in [1.29, 1.82) is 0 Å². The van der Waals surface area contributed by atoms with Crippen LogP contribution in [0.4, 0.5) is 17.6 Å². The van der Waals surface area contributed by atoms with E-state index in [-0.39, 0.29) is 5.56 Å². The van der Waals surface area contributed by atoms with Gasteiger partial charge in [0.15, 0.2) is 0 Å². The fourth-order valence-electron chi connectivity index (χ4n) is 2.90. The second kappa shape index (κ2) is 6.59. The number of halogens is 4. The molecule has 1 aliphatic heterocycles. The predicted octanol–water partition coefficient (Wildman–Crippen LogP) is 3.90. The van der Waals surface area contributed by atoms with Crippen molar-refractivity contribution in [3.63, 3.8) is 0 Å². The molecule has 3 rings (SSSR count). The van der Waals surface area contributed by atoms with Crippen LogP contribution in [0.25, 0.3) is 0 Å². The predicted molar refractivity (Wildman–Crippen MR) is 82.0 cm³/mol. The largest absolute Gasteiger partial charge is 0.419 e. The lowest BCUT2D eigenvalue weighted by molar-refractivity contribution is -0.140. The quantitative estimate of drug-likeness (QED) is 0.850. The summed E-state index contributed by atoms with van der Waals surface area (Å²) in [6, 6.07) is 6.72. The van der Waals surface area contributed by atoms with Crippen molar-refractivity contribution >= 4 is 11.3 Å². The molecule has 23 heavy (non-hydrogen) atoms. The van der Waals surface area contributed by atoms with E-state index < -0.39 is 23.6 Å². The number of benzene rings is 1. The summed E-state index contributed by atoms with van der Waals surface area (Å²) < 4.78 is 53.7. The number of nitrogens with one attached hydrogen (secondary N) is 1. The Morgan fingerprint density at radius 3 is 2.43 bits per heavy atom. The van der Waals surface area contributed by atoms with E-state index in [1.165, 1.54) is 23.5 Å². The maximum Gasteiger partial charge on any atom is 0.419 e. The highest BCUT2D eigenvalue weighted by Crippen LogP contribution is 2.38. The second-order valence-corrected chi connectivity index (χ2v) is 6.39. The molecule has 0 radical (unpaired) electrons. The van der Waals surface area contributed by atoms with E-state index in [0.717, 1.165) is 24.0 Å². The van der Waals surface area contributed by atoms with Crippen molar-refractivity contribution in [2.45, 2.75) is 12.2 Å². The van der Waals surface area contributed by atoms with Gasteiger partial charge in [0.25, 0.3) is 0 Å². The molecule has 7 heteroatoms. The fraction of sp³-hybridized carbons (Fsp3) is 0.375. The third-order valence-corrected chi connectivity index (χ3v) is 4.88. The average Bonchev–Trinajstić information content (AvgIpc) is 3.03. The molecule has 0 spiro atoms. The Morgan fingerprint density at radius 1 is 1.09 bits per heavy atom. The highest BCUT2D eigenvalue weighted by Gasteiger charge is 2.37.